The van der Waals surface area contributed by atoms with Crippen molar-refractivity contribution in [2.45, 2.75) is 83.6 Å². The number of benzene rings is 1. The van der Waals surface area contributed by atoms with Gasteiger partial charge in [0, 0.05) is 0 Å². The van der Waals surface area contributed by atoms with Crippen molar-refractivity contribution in [3.8, 4) is 0 Å². The van der Waals surface area contributed by atoms with Crippen LogP contribution in [0.2, 0.25) is 0 Å². The van der Waals surface area contributed by atoms with E-state index in [1.54, 1.807) is 0 Å². The fraction of sp³-hybridized carbons (Fsp3) is 0.667. The van der Waals surface area contributed by atoms with Crippen LogP contribution >= 0.6 is 12.4 Å². The Kier molecular flexibility index (Phi) is 15.7. The first-order valence-corrected chi connectivity index (χ1v) is 9.70. The van der Waals surface area contributed by atoms with Crippen molar-refractivity contribution >= 4 is 18.4 Å². The number of ether oxygens (including phenoxy) is 1. The van der Waals surface area contributed by atoms with Crippen molar-refractivity contribution in [2.24, 2.45) is 5.73 Å². The maximum atomic E-state index is 11.9. The third kappa shape index (κ3) is 12.9. The van der Waals surface area contributed by atoms with E-state index in [1.165, 1.54) is 51.4 Å². The van der Waals surface area contributed by atoms with Gasteiger partial charge in [-0.1, -0.05) is 95.0 Å². The first kappa shape index (κ1) is 23.9. The third-order valence-corrected chi connectivity index (χ3v) is 4.34. The molecule has 0 unspecified atom stereocenters. The highest BCUT2D eigenvalue weighted by atomic mass is 35.5. The lowest BCUT2D eigenvalue weighted by molar-refractivity contribution is -0.145. The van der Waals surface area contributed by atoms with Crippen LogP contribution in [0.25, 0.3) is 0 Å². The molecule has 0 saturated carbocycles. The molecular formula is C21H36ClNO2. The Hall–Kier alpha value is -1.06. The Morgan fingerprint density at radius 1 is 0.920 bits per heavy atom. The lowest BCUT2D eigenvalue weighted by Crippen LogP contribution is -2.34. The van der Waals surface area contributed by atoms with Gasteiger partial charge in [-0.2, -0.15) is 0 Å². The average Bonchev–Trinajstić information content (AvgIpc) is 2.60. The summed E-state index contributed by atoms with van der Waals surface area (Å²) >= 11 is 0. The summed E-state index contributed by atoms with van der Waals surface area (Å²) in [5.41, 5.74) is 6.98. The van der Waals surface area contributed by atoms with Gasteiger partial charge in [-0.3, -0.25) is 4.79 Å². The Balaban J connectivity index is 0.00000576. The molecular weight excluding hydrogens is 334 g/mol. The van der Waals surface area contributed by atoms with Crippen molar-refractivity contribution < 1.29 is 9.53 Å². The van der Waals surface area contributed by atoms with Gasteiger partial charge in [-0.05, 0) is 18.4 Å². The molecule has 25 heavy (non-hydrogen) atoms. The van der Waals surface area contributed by atoms with Crippen molar-refractivity contribution in [3.05, 3.63) is 35.9 Å². The molecule has 0 fully saturated rings. The lowest BCUT2D eigenvalue weighted by atomic mass is 10.1. The van der Waals surface area contributed by atoms with Crippen molar-refractivity contribution in [1.29, 1.82) is 0 Å². The van der Waals surface area contributed by atoms with Gasteiger partial charge >= 0.3 is 5.97 Å². The fourth-order valence-corrected chi connectivity index (χ4v) is 2.82. The predicted octanol–water partition coefficient (Wildman–Crippen LogP) is 5.44. The molecule has 2 N–H and O–H groups in total. The SMILES string of the molecule is CCCCCCCCCCCCOC(=O)[C@H](N)Cc1ccccc1.Cl. The van der Waals surface area contributed by atoms with Crippen molar-refractivity contribution in [3.63, 3.8) is 0 Å². The lowest BCUT2D eigenvalue weighted by Gasteiger charge is -2.11. The van der Waals surface area contributed by atoms with Gasteiger partial charge in [-0.25, -0.2) is 0 Å². The summed E-state index contributed by atoms with van der Waals surface area (Å²) in [5, 5.41) is 0. The maximum absolute atomic E-state index is 11.9. The molecule has 1 rings (SSSR count). The summed E-state index contributed by atoms with van der Waals surface area (Å²) in [4.78, 5) is 11.9. The van der Waals surface area contributed by atoms with Crippen molar-refractivity contribution in [1.82, 2.24) is 0 Å². The monoisotopic (exact) mass is 369 g/mol. The molecule has 0 aliphatic rings. The number of carbonyl (C=O) groups excluding carboxylic acids is 1. The molecule has 0 aliphatic heterocycles. The molecule has 0 aromatic heterocycles. The van der Waals surface area contributed by atoms with E-state index in [-0.39, 0.29) is 18.4 Å². The molecule has 0 saturated heterocycles. The number of carbonyl (C=O) groups is 1. The molecule has 0 radical (unpaired) electrons. The maximum Gasteiger partial charge on any atom is 0.323 e. The largest absolute Gasteiger partial charge is 0.465 e. The zero-order chi connectivity index (χ0) is 17.5. The third-order valence-electron chi connectivity index (χ3n) is 4.34. The highest BCUT2D eigenvalue weighted by molar-refractivity contribution is 5.85. The smallest absolute Gasteiger partial charge is 0.323 e. The first-order valence-electron chi connectivity index (χ1n) is 9.70. The number of nitrogens with two attached hydrogens (primary N) is 1. The molecule has 0 amide bonds. The minimum absolute atomic E-state index is 0. The Labute approximate surface area is 160 Å². The van der Waals surface area contributed by atoms with E-state index in [2.05, 4.69) is 6.92 Å². The molecule has 1 aromatic rings. The van der Waals surface area contributed by atoms with Crippen LogP contribution in [-0.2, 0) is 16.0 Å². The van der Waals surface area contributed by atoms with Crippen LogP contribution in [0.5, 0.6) is 0 Å². The fourth-order valence-electron chi connectivity index (χ4n) is 2.82. The zero-order valence-electron chi connectivity index (χ0n) is 15.8. The van der Waals surface area contributed by atoms with E-state index >= 15 is 0 Å². The summed E-state index contributed by atoms with van der Waals surface area (Å²) < 4.78 is 5.28. The second-order valence-electron chi connectivity index (χ2n) is 6.65. The highest BCUT2D eigenvalue weighted by Gasteiger charge is 2.15. The van der Waals surface area contributed by atoms with Gasteiger partial charge in [0.1, 0.15) is 6.04 Å². The molecule has 1 atom stereocenters. The number of unbranched alkanes of at least 4 members (excludes halogenated alkanes) is 9. The van der Waals surface area contributed by atoms with Crippen LogP contribution in [0.15, 0.2) is 30.3 Å². The quantitative estimate of drug-likeness (QED) is 0.350. The Morgan fingerprint density at radius 3 is 2.00 bits per heavy atom. The highest BCUT2D eigenvalue weighted by Crippen LogP contribution is 2.10. The van der Waals surface area contributed by atoms with Gasteiger partial charge in [0.15, 0.2) is 0 Å². The second-order valence-corrected chi connectivity index (χ2v) is 6.65. The Morgan fingerprint density at radius 2 is 1.44 bits per heavy atom. The normalized spacial score (nSPS) is 11.6. The number of hydrogen-bond donors (Lipinski definition) is 1. The minimum Gasteiger partial charge on any atom is -0.465 e. The molecule has 0 bridgehead atoms. The van der Waals surface area contributed by atoms with Gasteiger partial charge in [0.2, 0.25) is 0 Å². The summed E-state index contributed by atoms with van der Waals surface area (Å²) in [5.74, 6) is -0.283. The summed E-state index contributed by atoms with van der Waals surface area (Å²) in [6.07, 6.45) is 13.3. The number of esters is 1. The molecule has 3 nitrogen and oxygen atoms in total. The molecule has 4 heteroatoms. The summed E-state index contributed by atoms with van der Waals surface area (Å²) in [7, 11) is 0. The van der Waals surface area contributed by atoms with Crippen LogP contribution in [-0.4, -0.2) is 18.6 Å². The van der Waals surface area contributed by atoms with E-state index in [9.17, 15) is 4.79 Å². The number of rotatable bonds is 14. The molecule has 0 aliphatic carbocycles. The van der Waals surface area contributed by atoms with Crippen LogP contribution in [0.1, 0.15) is 76.7 Å². The standard InChI is InChI=1S/C21H35NO2.ClH/c1-2-3-4-5-6-7-8-9-10-14-17-24-21(23)20(22)18-19-15-12-11-13-16-19;/h11-13,15-16,20H,2-10,14,17-18,22H2,1H3;1H/t20-;/m1./s1. The van der Waals surface area contributed by atoms with E-state index in [0.717, 1.165) is 18.4 Å². The summed E-state index contributed by atoms with van der Waals surface area (Å²) in [6, 6.07) is 9.27. The molecule has 0 heterocycles. The van der Waals surface area contributed by atoms with Gasteiger partial charge in [0.25, 0.3) is 0 Å². The Bertz CT molecular complexity index is 425. The van der Waals surface area contributed by atoms with E-state index in [1.807, 2.05) is 30.3 Å². The van der Waals surface area contributed by atoms with Crippen LogP contribution in [0, 0.1) is 0 Å². The number of halogens is 1. The molecule has 0 spiro atoms. The van der Waals surface area contributed by atoms with E-state index in [4.69, 9.17) is 10.5 Å². The number of hydrogen-bond acceptors (Lipinski definition) is 3. The zero-order valence-corrected chi connectivity index (χ0v) is 16.6. The predicted molar refractivity (Wildman–Crippen MR) is 108 cm³/mol. The first-order chi connectivity index (χ1) is 11.7. The summed E-state index contributed by atoms with van der Waals surface area (Å²) in [6.45, 7) is 2.75. The van der Waals surface area contributed by atoms with E-state index < -0.39 is 6.04 Å². The van der Waals surface area contributed by atoms with Crippen LogP contribution in [0.4, 0.5) is 0 Å². The van der Waals surface area contributed by atoms with Crippen LogP contribution < -0.4 is 5.73 Å². The topological polar surface area (TPSA) is 52.3 Å². The average molecular weight is 370 g/mol. The second kappa shape index (κ2) is 16.4. The van der Waals surface area contributed by atoms with Crippen LogP contribution in [0.3, 0.4) is 0 Å². The van der Waals surface area contributed by atoms with Gasteiger partial charge < -0.3 is 10.5 Å². The van der Waals surface area contributed by atoms with E-state index in [0.29, 0.717) is 13.0 Å². The van der Waals surface area contributed by atoms with Gasteiger partial charge in [0.05, 0.1) is 6.61 Å². The molecule has 144 valence electrons. The van der Waals surface area contributed by atoms with Gasteiger partial charge in [-0.15, -0.1) is 12.4 Å². The minimum atomic E-state index is -0.560. The molecule has 1 aromatic carbocycles. The van der Waals surface area contributed by atoms with Crippen molar-refractivity contribution in [2.75, 3.05) is 6.61 Å².